The summed E-state index contributed by atoms with van der Waals surface area (Å²) in [5.74, 6) is 0. The summed E-state index contributed by atoms with van der Waals surface area (Å²) in [7, 11) is 0. The average Bonchev–Trinajstić information content (AvgIpc) is 2.27. The molecular weight excluding hydrogens is 192 g/mol. The van der Waals surface area contributed by atoms with E-state index in [2.05, 4.69) is 57.3 Å². The maximum absolute atomic E-state index is 4.06. The maximum Gasteiger partial charge on any atom is -0.0190 e. The van der Waals surface area contributed by atoms with Gasteiger partial charge < -0.3 is 0 Å². The largest absolute Gasteiger partial charge is 0.0958 e. The molecule has 0 aromatic heterocycles. The molecule has 0 fully saturated rings. The van der Waals surface area contributed by atoms with Crippen molar-refractivity contribution in [2.24, 2.45) is 0 Å². The van der Waals surface area contributed by atoms with Crippen molar-refractivity contribution < 1.29 is 0 Å². The van der Waals surface area contributed by atoms with Gasteiger partial charge in [0.1, 0.15) is 0 Å². The molecule has 0 heterocycles. The fourth-order valence-corrected chi connectivity index (χ4v) is 1.49. The average molecular weight is 212 g/mol. The number of allylic oxidation sites excluding steroid dienone is 4. The van der Waals surface area contributed by atoms with Crippen molar-refractivity contribution in [2.45, 2.75) is 26.7 Å². The van der Waals surface area contributed by atoms with Crippen LogP contribution in [0.1, 0.15) is 30.9 Å². The molecule has 0 bridgehead atoms. The lowest BCUT2D eigenvalue weighted by atomic mass is 10.0. The topological polar surface area (TPSA) is 0 Å². The highest BCUT2D eigenvalue weighted by atomic mass is 14.0. The van der Waals surface area contributed by atoms with E-state index in [1.54, 1.807) is 0 Å². The molecule has 0 aliphatic carbocycles. The lowest BCUT2D eigenvalue weighted by molar-refractivity contribution is 0.930. The summed E-state index contributed by atoms with van der Waals surface area (Å²) in [6.45, 7) is 12.3. The Labute approximate surface area is 99.0 Å². The second kappa shape index (κ2) is 6.12. The molecule has 0 atom stereocenters. The van der Waals surface area contributed by atoms with Crippen molar-refractivity contribution in [1.82, 2.24) is 0 Å². The number of hydrogen-bond donors (Lipinski definition) is 0. The first-order valence-electron chi connectivity index (χ1n) is 5.75. The standard InChI is InChI=1S/C16H20/c1-5-6-13(2)7-10-15(4)16-11-8-14(3)9-12-16/h7-12H,2,4-6H2,1,3H3/b10-7-. The first-order valence-corrected chi connectivity index (χ1v) is 5.75. The third-order valence-electron chi connectivity index (χ3n) is 2.51. The fraction of sp³-hybridized carbons (Fsp3) is 0.250. The van der Waals surface area contributed by atoms with Gasteiger partial charge in [0.15, 0.2) is 0 Å². The molecule has 1 rings (SSSR count). The second-order valence-corrected chi connectivity index (χ2v) is 4.13. The van der Waals surface area contributed by atoms with Crippen LogP contribution in [0.25, 0.3) is 5.57 Å². The molecule has 0 spiro atoms. The predicted octanol–water partition coefficient (Wildman–Crippen LogP) is 4.92. The normalized spacial score (nSPS) is 10.6. The zero-order valence-corrected chi connectivity index (χ0v) is 10.3. The van der Waals surface area contributed by atoms with Gasteiger partial charge in [-0.25, -0.2) is 0 Å². The Balaban J connectivity index is 2.65. The van der Waals surface area contributed by atoms with Crippen LogP contribution in [0.4, 0.5) is 0 Å². The van der Waals surface area contributed by atoms with E-state index >= 15 is 0 Å². The number of rotatable bonds is 5. The van der Waals surface area contributed by atoms with Gasteiger partial charge in [-0.15, -0.1) is 0 Å². The molecule has 1 aromatic rings. The minimum Gasteiger partial charge on any atom is -0.0958 e. The maximum atomic E-state index is 4.06. The van der Waals surface area contributed by atoms with E-state index in [9.17, 15) is 0 Å². The van der Waals surface area contributed by atoms with E-state index in [0.717, 1.165) is 24.0 Å². The van der Waals surface area contributed by atoms with Gasteiger partial charge >= 0.3 is 0 Å². The molecule has 0 aliphatic rings. The zero-order valence-electron chi connectivity index (χ0n) is 10.3. The number of aryl methyl sites for hydroxylation is 1. The van der Waals surface area contributed by atoms with E-state index < -0.39 is 0 Å². The summed E-state index contributed by atoms with van der Waals surface area (Å²) in [5, 5.41) is 0. The van der Waals surface area contributed by atoms with Crippen LogP contribution in [0.2, 0.25) is 0 Å². The molecule has 16 heavy (non-hydrogen) atoms. The van der Waals surface area contributed by atoms with Gasteiger partial charge in [0.2, 0.25) is 0 Å². The van der Waals surface area contributed by atoms with Gasteiger partial charge in [-0.05, 0) is 24.5 Å². The van der Waals surface area contributed by atoms with Gasteiger partial charge in [-0.1, -0.05) is 74.1 Å². The highest BCUT2D eigenvalue weighted by molar-refractivity contribution is 5.72. The Morgan fingerprint density at radius 1 is 1.12 bits per heavy atom. The van der Waals surface area contributed by atoms with Gasteiger partial charge in [-0.3, -0.25) is 0 Å². The summed E-state index contributed by atoms with van der Waals surface area (Å²) in [5.41, 5.74) is 4.65. The smallest absolute Gasteiger partial charge is 0.0190 e. The second-order valence-electron chi connectivity index (χ2n) is 4.13. The van der Waals surface area contributed by atoms with Crippen molar-refractivity contribution in [3.05, 3.63) is 66.3 Å². The van der Waals surface area contributed by atoms with Crippen LogP contribution in [0.15, 0.2) is 55.1 Å². The number of hydrogen-bond acceptors (Lipinski definition) is 0. The molecular formula is C16H20. The van der Waals surface area contributed by atoms with E-state index in [-0.39, 0.29) is 0 Å². The molecule has 0 amide bonds. The van der Waals surface area contributed by atoms with E-state index in [1.807, 2.05) is 6.08 Å². The lowest BCUT2D eigenvalue weighted by Crippen LogP contribution is -1.80. The van der Waals surface area contributed by atoms with Crippen LogP contribution in [-0.2, 0) is 0 Å². The van der Waals surface area contributed by atoms with E-state index in [0.29, 0.717) is 0 Å². The van der Waals surface area contributed by atoms with Gasteiger partial charge in [0.25, 0.3) is 0 Å². The van der Waals surface area contributed by atoms with Crippen molar-refractivity contribution in [2.75, 3.05) is 0 Å². The Bertz CT molecular complexity index is 391. The first kappa shape index (κ1) is 12.5. The van der Waals surface area contributed by atoms with Gasteiger partial charge in [-0.2, -0.15) is 0 Å². The molecule has 0 saturated heterocycles. The van der Waals surface area contributed by atoms with E-state index in [1.165, 1.54) is 11.1 Å². The summed E-state index contributed by atoms with van der Waals surface area (Å²) >= 11 is 0. The predicted molar refractivity (Wildman–Crippen MR) is 73.4 cm³/mol. The van der Waals surface area contributed by atoms with Crippen molar-refractivity contribution in [3.8, 4) is 0 Å². The Morgan fingerprint density at radius 2 is 1.75 bits per heavy atom. The zero-order chi connectivity index (χ0) is 12.0. The molecule has 0 N–H and O–H groups in total. The highest BCUT2D eigenvalue weighted by Gasteiger charge is 1.94. The number of benzene rings is 1. The van der Waals surface area contributed by atoms with Crippen molar-refractivity contribution in [1.29, 1.82) is 0 Å². The van der Waals surface area contributed by atoms with Gasteiger partial charge in [0, 0.05) is 0 Å². The monoisotopic (exact) mass is 212 g/mol. The highest BCUT2D eigenvalue weighted by Crippen LogP contribution is 2.15. The third kappa shape index (κ3) is 3.90. The van der Waals surface area contributed by atoms with Crippen molar-refractivity contribution in [3.63, 3.8) is 0 Å². The molecule has 0 saturated carbocycles. The van der Waals surface area contributed by atoms with Crippen LogP contribution in [-0.4, -0.2) is 0 Å². The Kier molecular flexibility index (Phi) is 4.78. The third-order valence-corrected chi connectivity index (χ3v) is 2.51. The van der Waals surface area contributed by atoms with Crippen molar-refractivity contribution >= 4 is 5.57 Å². The summed E-state index contributed by atoms with van der Waals surface area (Å²) < 4.78 is 0. The molecule has 1 aromatic carbocycles. The van der Waals surface area contributed by atoms with Crippen LogP contribution in [0, 0.1) is 6.92 Å². The SMILES string of the molecule is C=C(/C=C\C(=C)c1ccc(C)cc1)CCC. The van der Waals surface area contributed by atoms with Crippen LogP contribution < -0.4 is 0 Å². The summed E-state index contributed by atoms with van der Waals surface area (Å²) in [6, 6.07) is 8.42. The lowest BCUT2D eigenvalue weighted by Gasteiger charge is -2.01. The van der Waals surface area contributed by atoms with Crippen LogP contribution >= 0.6 is 0 Å². The van der Waals surface area contributed by atoms with Gasteiger partial charge in [0.05, 0.1) is 0 Å². The first-order chi connectivity index (χ1) is 7.63. The van der Waals surface area contributed by atoms with Crippen LogP contribution in [0.3, 0.4) is 0 Å². The fourth-order valence-electron chi connectivity index (χ4n) is 1.49. The minimum absolute atomic E-state index is 1.04. The summed E-state index contributed by atoms with van der Waals surface area (Å²) in [6.07, 6.45) is 6.30. The Hall–Kier alpha value is -1.56. The Morgan fingerprint density at radius 3 is 2.31 bits per heavy atom. The molecule has 0 nitrogen and oxygen atoms in total. The molecule has 0 heteroatoms. The molecule has 84 valence electrons. The quantitative estimate of drug-likeness (QED) is 0.608. The minimum atomic E-state index is 1.04. The van der Waals surface area contributed by atoms with E-state index in [4.69, 9.17) is 0 Å². The molecule has 0 radical (unpaired) electrons. The molecule has 0 aliphatic heterocycles. The van der Waals surface area contributed by atoms with Crippen LogP contribution in [0.5, 0.6) is 0 Å². The molecule has 0 unspecified atom stereocenters. The summed E-state index contributed by atoms with van der Waals surface area (Å²) in [4.78, 5) is 0.